The molecule has 0 atom stereocenters. The summed E-state index contributed by atoms with van der Waals surface area (Å²) in [4.78, 5) is 21.4. The van der Waals surface area contributed by atoms with Gasteiger partial charge in [0.05, 0.1) is 5.92 Å². The van der Waals surface area contributed by atoms with Crippen LogP contribution in [0.15, 0.2) is 0 Å². The normalized spacial score (nSPS) is 16.0. The lowest BCUT2D eigenvalue weighted by molar-refractivity contribution is -0.126. The minimum absolute atomic E-state index is 0.0324. The Bertz CT molecular complexity index is 203. The van der Waals surface area contributed by atoms with Crippen LogP contribution in [0.4, 0.5) is 4.79 Å². The van der Waals surface area contributed by atoms with Crippen molar-refractivity contribution in [2.24, 2.45) is 11.7 Å². The standard InChI is InChI=1S/C7H14N4O2/c8-7(13)11-2-1-10-6(12)5-3-9-4-5/h5,9H,1-4H2,(H,10,12)(H3,8,11,13). The van der Waals surface area contributed by atoms with Crippen LogP contribution in [0.5, 0.6) is 0 Å². The first-order valence-electron chi connectivity index (χ1n) is 4.22. The molecule has 1 aliphatic heterocycles. The van der Waals surface area contributed by atoms with Crippen LogP contribution in [0.3, 0.4) is 0 Å². The zero-order chi connectivity index (χ0) is 9.68. The van der Waals surface area contributed by atoms with Gasteiger partial charge in [-0.25, -0.2) is 4.79 Å². The van der Waals surface area contributed by atoms with Gasteiger partial charge in [-0.2, -0.15) is 0 Å². The zero-order valence-corrected chi connectivity index (χ0v) is 7.30. The van der Waals surface area contributed by atoms with E-state index in [1.807, 2.05) is 0 Å². The van der Waals surface area contributed by atoms with Gasteiger partial charge in [-0.3, -0.25) is 4.79 Å². The van der Waals surface area contributed by atoms with Gasteiger partial charge in [0.2, 0.25) is 5.91 Å². The molecule has 0 radical (unpaired) electrons. The molecule has 0 bridgehead atoms. The SMILES string of the molecule is NC(=O)NCCNC(=O)C1CNC1. The van der Waals surface area contributed by atoms with Gasteiger partial charge >= 0.3 is 6.03 Å². The van der Waals surface area contributed by atoms with Gasteiger partial charge in [0.15, 0.2) is 0 Å². The average Bonchev–Trinajstić information content (AvgIpc) is 1.94. The number of carbonyl (C=O) groups is 2. The van der Waals surface area contributed by atoms with Crippen LogP contribution in [0, 0.1) is 5.92 Å². The van der Waals surface area contributed by atoms with Crippen LogP contribution in [-0.4, -0.2) is 38.1 Å². The van der Waals surface area contributed by atoms with Crippen molar-refractivity contribution in [1.82, 2.24) is 16.0 Å². The molecule has 6 nitrogen and oxygen atoms in total. The molecule has 3 amide bonds. The number of amides is 3. The first-order chi connectivity index (χ1) is 6.20. The summed E-state index contributed by atoms with van der Waals surface area (Å²) in [7, 11) is 0. The lowest BCUT2D eigenvalue weighted by atomic mass is 10.0. The molecule has 0 aromatic rings. The molecule has 6 heteroatoms. The molecule has 1 saturated heterocycles. The molecule has 74 valence electrons. The number of urea groups is 1. The first kappa shape index (κ1) is 9.79. The highest BCUT2D eigenvalue weighted by molar-refractivity contribution is 5.80. The largest absolute Gasteiger partial charge is 0.354 e. The number of nitrogens with one attached hydrogen (secondary N) is 3. The summed E-state index contributed by atoms with van der Waals surface area (Å²) in [5.74, 6) is 0.124. The maximum Gasteiger partial charge on any atom is 0.312 e. The van der Waals surface area contributed by atoms with E-state index in [9.17, 15) is 9.59 Å². The lowest BCUT2D eigenvalue weighted by Gasteiger charge is -2.25. The molecule has 0 aromatic heterocycles. The molecule has 1 rings (SSSR count). The van der Waals surface area contributed by atoms with E-state index in [1.165, 1.54) is 0 Å². The van der Waals surface area contributed by atoms with Gasteiger partial charge in [-0.15, -0.1) is 0 Å². The predicted molar refractivity (Wildman–Crippen MR) is 47.0 cm³/mol. The molecule has 1 aliphatic rings. The van der Waals surface area contributed by atoms with Gasteiger partial charge < -0.3 is 21.7 Å². The number of nitrogens with two attached hydrogens (primary N) is 1. The van der Waals surface area contributed by atoms with E-state index in [1.54, 1.807) is 0 Å². The molecule has 13 heavy (non-hydrogen) atoms. The molecule has 5 N–H and O–H groups in total. The molecule has 1 heterocycles. The van der Waals surface area contributed by atoms with E-state index in [4.69, 9.17) is 5.73 Å². The number of carbonyl (C=O) groups excluding carboxylic acids is 2. The third-order valence-corrected chi connectivity index (χ3v) is 1.88. The van der Waals surface area contributed by atoms with Crippen LogP contribution in [-0.2, 0) is 4.79 Å². The second-order valence-electron chi connectivity index (χ2n) is 2.94. The smallest absolute Gasteiger partial charge is 0.312 e. The topological polar surface area (TPSA) is 96.2 Å². The summed E-state index contributed by atoms with van der Waals surface area (Å²) < 4.78 is 0. The Labute approximate surface area is 76.2 Å². The van der Waals surface area contributed by atoms with Crippen LogP contribution in [0.25, 0.3) is 0 Å². The van der Waals surface area contributed by atoms with Crippen molar-refractivity contribution in [2.75, 3.05) is 26.2 Å². The van der Waals surface area contributed by atoms with Gasteiger partial charge in [0.1, 0.15) is 0 Å². The van der Waals surface area contributed by atoms with Crippen molar-refractivity contribution < 1.29 is 9.59 Å². The van der Waals surface area contributed by atoms with Crippen molar-refractivity contribution in [1.29, 1.82) is 0 Å². The molecular weight excluding hydrogens is 172 g/mol. The van der Waals surface area contributed by atoms with Crippen molar-refractivity contribution in [2.45, 2.75) is 0 Å². The fraction of sp³-hybridized carbons (Fsp3) is 0.714. The van der Waals surface area contributed by atoms with E-state index < -0.39 is 6.03 Å². The highest BCUT2D eigenvalue weighted by atomic mass is 16.2. The van der Waals surface area contributed by atoms with Crippen LogP contribution < -0.4 is 21.7 Å². The molecule has 0 unspecified atom stereocenters. The van der Waals surface area contributed by atoms with Crippen LogP contribution in [0.2, 0.25) is 0 Å². The summed E-state index contributed by atoms with van der Waals surface area (Å²) in [5, 5.41) is 8.08. The van der Waals surface area contributed by atoms with Crippen LogP contribution in [0.1, 0.15) is 0 Å². The molecule has 0 spiro atoms. The fourth-order valence-corrected chi connectivity index (χ4v) is 0.990. The Morgan fingerprint density at radius 3 is 2.38 bits per heavy atom. The van der Waals surface area contributed by atoms with E-state index in [0.29, 0.717) is 13.1 Å². The Kier molecular flexibility index (Phi) is 3.51. The van der Waals surface area contributed by atoms with Crippen molar-refractivity contribution in [3.8, 4) is 0 Å². The predicted octanol–water partition coefficient (Wildman–Crippen LogP) is -2.01. The Morgan fingerprint density at radius 2 is 1.92 bits per heavy atom. The zero-order valence-electron chi connectivity index (χ0n) is 7.30. The van der Waals surface area contributed by atoms with E-state index >= 15 is 0 Å². The molecule has 1 fully saturated rings. The summed E-state index contributed by atoms with van der Waals surface area (Å²) in [5.41, 5.74) is 4.83. The Balaban J connectivity index is 1.98. The van der Waals surface area contributed by atoms with E-state index in [2.05, 4.69) is 16.0 Å². The molecule has 0 aliphatic carbocycles. The summed E-state index contributed by atoms with van der Waals surface area (Å²) >= 11 is 0. The van der Waals surface area contributed by atoms with Gasteiger partial charge in [-0.1, -0.05) is 0 Å². The second-order valence-corrected chi connectivity index (χ2v) is 2.94. The maximum atomic E-state index is 11.2. The molecule has 0 aromatic carbocycles. The summed E-state index contributed by atoms with van der Waals surface area (Å²) in [6.07, 6.45) is 0. The number of primary amides is 1. The van der Waals surface area contributed by atoms with Gasteiger partial charge in [-0.05, 0) is 0 Å². The van der Waals surface area contributed by atoms with Gasteiger partial charge in [0.25, 0.3) is 0 Å². The minimum Gasteiger partial charge on any atom is -0.354 e. The highest BCUT2D eigenvalue weighted by Crippen LogP contribution is 2.00. The fourth-order valence-electron chi connectivity index (χ4n) is 0.990. The van der Waals surface area contributed by atoms with Crippen molar-refractivity contribution in [3.63, 3.8) is 0 Å². The Hall–Kier alpha value is -1.30. The molecule has 0 saturated carbocycles. The maximum absolute atomic E-state index is 11.2. The van der Waals surface area contributed by atoms with Crippen LogP contribution >= 0.6 is 0 Å². The van der Waals surface area contributed by atoms with Crippen molar-refractivity contribution >= 4 is 11.9 Å². The van der Waals surface area contributed by atoms with E-state index in [0.717, 1.165) is 13.1 Å². The third-order valence-electron chi connectivity index (χ3n) is 1.88. The monoisotopic (exact) mass is 186 g/mol. The number of hydrogen-bond donors (Lipinski definition) is 4. The summed E-state index contributed by atoms with van der Waals surface area (Å²) in [6, 6.07) is -0.570. The third kappa shape index (κ3) is 3.29. The number of hydrogen-bond acceptors (Lipinski definition) is 3. The lowest BCUT2D eigenvalue weighted by Crippen LogP contribution is -2.51. The minimum atomic E-state index is -0.570. The first-order valence-corrected chi connectivity index (χ1v) is 4.22. The quantitative estimate of drug-likeness (QED) is 0.382. The highest BCUT2D eigenvalue weighted by Gasteiger charge is 2.23. The van der Waals surface area contributed by atoms with Gasteiger partial charge in [0, 0.05) is 26.2 Å². The van der Waals surface area contributed by atoms with E-state index in [-0.39, 0.29) is 11.8 Å². The Morgan fingerprint density at radius 1 is 1.31 bits per heavy atom. The van der Waals surface area contributed by atoms with Crippen molar-refractivity contribution in [3.05, 3.63) is 0 Å². The average molecular weight is 186 g/mol. The molecular formula is C7H14N4O2. The second kappa shape index (κ2) is 4.66. The number of rotatable bonds is 4. The summed E-state index contributed by atoms with van der Waals surface area (Å²) in [6.45, 7) is 2.30.